The van der Waals surface area contributed by atoms with Gasteiger partial charge in [-0.05, 0) is 110 Å². The Morgan fingerprint density at radius 1 is 0.576 bits per heavy atom. The van der Waals surface area contributed by atoms with E-state index in [4.69, 9.17) is 9.47 Å². The van der Waals surface area contributed by atoms with E-state index in [1.54, 1.807) is 48.5 Å². The molecule has 0 aromatic rings. The van der Waals surface area contributed by atoms with Crippen LogP contribution in [0.15, 0.2) is 0 Å². The Kier molecular flexibility index (Phi) is 19.2. The van der Waals surface area contributed by atoms with E-state index in [0.29, 0.717) is 25.7 Å². The number of alkyl carbamates (subject to hydrolysis) is 1. The van der Waals surface area contributed by atoms with Gasteiger partial charge in [-0.15, -0.1) is 0 Å². The number of esters is 1. The summed E-state index contributed by atoms with van der Waals surface area (Å²) in [5.74, 6) is -2.25. The molecule has 338 valence electrons. The molecule has 2 fully saturated rings. The number of hydrogen-bond donors (Lipinski definition) is 6. The van der Waals surface area contributed by atoms with Gasteiger partial charge in [-0.1, -0.05) is 66.2 Å². The molecule has 2 rings (SSSR count). The molecule has 0 saturated heterocycles. The molecule has 0 bridgehead atoms. The van der Waals surface area contributed by atoms with Gasteiger partial charge in [0.05, 0.1) is 7.11 Å². The average Bonchev–Trinajstić information content (AvgIpc) is 3.10. The van der Waals surface area contributed by atoms with Crippen molar-refractivity contribution < 1.29 is 43.0 Å². The van der Waals surface area contributed by atoms with Crippen LogP contribution in [-0.4, -0.2) is 90.6 Å². The Morgan fingerprint density at radius 2 is 0.966 bits per heavy atom. The molecule has 0 heterocycles. The number of nitrogens with one attached hydrogen (secondary N) is 6. The van der Waals surface area contributed by atoms with Crippen LogP contribution in [-0.2, 0) is 38.2 Å². The third kappa shape index (κ3) is 17.7. The maximum Gasteiger partial charge on any atom is 0.408 e. The maximum absolute atomic E-state index is 13.9. The van der Waals surface area contributed by atoms with Crippen LogP contribution in [0.3, 0.4) is 0 Å². The lowest BCUT2D eigenvalue weighted by molar-refractivity contribution is -0.149. The van der Waals surface area contributed by atoms with Gasteiger partial charge in [0.25, 0.3) is 0 Å². The molecule has 15 nitrogen and oxygen atoms in total. The fourth-order valence-electron chi connectivity index (χ4n) is 8.26. The second-order valence-corrected chi connectivity index (χ2v) is 20.2. The van der Waals surface area contributed by atoms with E-state index in [-0.39, 0.29) is 61.4 Å². The average molecular weight is 835 g/mol. The molecule has 0 aliphatic heterocycles. The third-order valence-electron chi connectivity index (χ3n) is 11.4. The zero-order valence-corrected chi connectivity index (χ0v) is 38.3. The van der Waals surface area contributed by atoms with Crippen LogP contribution in [0.1, 0.15) is 166 Å². The number of hydrogen-bond acceptors (Lipinski definition) is 9. The molecule has 59 heavy (non-hydrogen) atoms. The van der Waals surface area contributed by atoms with Gasteiger partial charge in [0, 0.05) is 25.9 Å². The summed E-state index contributed by atoms with van der Waals surface area (Å²) in [7, 11) is 1.27. The summed E-state index contributed by atoms with van der Waals surface area (Å²) in [4.78, 5) is 92.9. The van der Waals surface area contributed by atoms with E-state index in [0.717, 1.165) is 51.4 Å². The van der Waals surface area contributed by atoms with Crippen molar-refractivity contribution in [3.63, 3.8) is 0 Å². The topological polar surface area (TPSA) is 210 Å². The van der Waals surface area contributed by atoms with Crippen LogP contribution >= 0.6 is 0 Å². The lowest BCUT2D eigenvalue weighted by Crippen LogP contribution is -2.60. The fourth-order valence-corrected chi connectivity index (χ4v) is 8.26. The summed E-state index contributed by atoms with van der Waals surface area (Å²) >= 11 is 0. The Labute approximate surface area is 353 Å². The second-order valence-electron chi connectivity index (χ2n) is 20.2. The smallest absolute Gasteiger partial charge is 0.408 e. The van der Waals surface area contributed by atoms with E-state index < -0.39 is 57.6 Å². The van der Waals surface area contributed by atoms with Gasteiger partial charge in [-0.25, -0.2) is 9.59 Å². The molecule has 2 atom stereocenters. The zero-order chi connectivity index (χ0) is 44.8. The highest BCUT2D eigenvalue weighted by atomic mass is 16.6. The molecular weight excluding hydrogens is 757 g/mol. The summed E-state index contributed by atoms with van der Waals surface area (Å²) in [5, 5.41) is 17.4. The number of amides is 6. The SMILES string of the molecule is COC(=O)C(C)(C)NC(=O)CC1(CNC(=O)[C@H](CC(C)C)NC(=O)C(C)(C)NC(=O)CC2(CNC(=O)[C@H](CC(C)C)NC(=O)OC(C)(C)C)CCCCC2)CCCCC1. The molecule has 2 aliphatic rings. The fraction of sp³-hybridized carbons (Fsp3) is 0.841. The van der Waals surface area contributed by atoms with Crippen molar-refractivity contribution in [1.29, 1.82) is 0 Å². The zero-order valence-electron chi connectivity index (χ0n) is 38.3. The summed E-state index contributed by atoms with van der Waals surface area (Å²) in [6, 6.07) is -1.70. The molecule has 0 spiro atoms. The Hall–Kier alpha value is -3.91. The lowest BCUT2D eigenvalue weighted by Gasteiger charge is -2.39. The van der Waals surface area contributed by atoms with E-state index in [1.807, 2.05) is 27.7 Å². The largest absolute Gasteiger partial charge is 0.467 e. The Morgan fingerprint density at radius 3 is 1.34 bits per heavy atom. The molecule has 0 unspecified atom stereocenters. The summed E-state index contributed by atoms with van der Waals surface area (Å²) < 4.78 is 10.2. The van der Waals surface area contributed by atoms with Gasteiger partial charge in [0.2, 0.25) is 29.5 Å². The molecular formula is C44H78N6O9. The van der Waals surface area contributed by atoms with Crippen molar-refractivity contribution in [3.8, 4) is 0 Å². The first-order valence-electron chi connectivity index (χ1n) is 21.8. The molecule has 0 radical (unpaired) electrons. The van der Waals surface area contributed by atoms with Crippen molar-refractivity contribution in [1.82, 2.24) is 31.9 Å². The summed E-state index contributed by atoms with van der Waals surface area (Å²) in [6.07, 6.45) is 8.82. The van der Waals surface area contributed by atoms with Crippen molar-refractivity contribution in [2.45, 2.75) is 195 Å². The molecule has 2 aliphatic carbocycles. The van der Waals surface area contributed by atoms with Gasteiger partial charge in [0.1, 0.15) is 28.8 Å². The van der Waals surface area contributed by atoms with Crippen LogP contribution < -0.4 is 31.9 Å². The minimum Gasteiger partial charge on any atom is -0.467 e. The van der Waals surface area contributed by atoms with Crippen molar-refractivity contribution in [3.05, 3.63) is 0 Å². The van der Waals surface area contributed by atoms with Crippen LogP contribution in [0.25, 0.3) is 0 Å². The van der Waals surface area contributed by atoms with Crippen molar-refractivity contribution in [2.24, 2.45) is 22.7 Å². The standard InChI is InChI=1S/C44H78N6O9/c1-29(2)23-31(35(53)45-27-44(21-17-14-18-22-44)26-34(52)50-42(10,11)38(56)58-12)47-37(55)41(8,9)49-33(51)25-43(19-15-13-16-20-43)28-46-36(54)32(24-30(3)4)48-39(57)59-40(5,6)7/h29-32H,13-28H2,1-12H3,(H,45,53)(H,46,54)(H,47,55)(H,48,57)(H,49,51)(H,50,52)/t31-,32-/m0/s1. The van der Waals surface area contributed by atoms with E-state index in [2.05, 4.69) is 31.9 Å². The number of carbonyl (C=O) groups is 7. The van der Waals surface area contributed by atoms with Gasteiger partial charge >= 0.3 is 12.1 Å². The highest BCUT2D eigenvalue weighted by molar-refractivity contribution is 5.94. The molecule has 6 N–H and O–H groups in total. The second kappa shape index (κ2) is 22.1. The van der Waals surface area contributed by atoms with E-state index in [1.165, 1.54) is 7.11 Å². The number of ether oxygens (including phenoxy) is 2. The highest BCUT2D eigenvalue weighted by Crippen LogP contribution is 2.40. The molecule has 0 aromatic heterocycles. The predicted octanol–water partition coefficient (Wildman–Crippen LogP) is 5.33. The minimum atomic E-state index is -1.37. The monoisotopic (exact) mass is 835 g/mol. The maximum atomic E-state index is 13.9. The van der Waals surface area contributed by atoms with Crippen molar-refractivity contribution >= 4 is 41.6 Å². The van der Waals surface area contributed by atoms with Crippen LogP contribution in [0.4, 0.5) is 4.79 Å². The highest BCUT2D eigenvalue weighted by Gasteiger charge is 2.41. The first-order valence-corrected chi connectivity index (χ1v) is 21.8. The molecule has 15 heteroatoms. The molecule has 2 saturated carbocycles. The van der Waals surface area contributed by atoms with Gasteiger partial charge in [-0.3, -0.25) is 24.0 Å². The van der Waals surface area contributed by atoms with Crippen LogP contribution in [0.5, 0.6) is 0 Å². The summed E-state index contributed by atoms with van der Waals surface area (Å²) in [6.45, 7) is 19.9. The summed E-state index contributed by atoms with van der Waals surface area (Å²) in [5.41, 5.74) is -4.35. The predicted molar refractivity (Wildman–Crippen MR) is 227 cm³/mol. The molecule has 6 amide bonds. The lowest BCUT2D eigenvalue weighted by atomic mass is 9.71. The van der Waals surface area contributed by atoms with Gasteiger partial charge in [-0.2, -0.15) is 0 Å². The normalized spacial score (nSPS) is 17.8. The number of carbonyl (C=O) groups excluding carboxylic acids is 7. The number of methoxy groups -OCH3 is 1. The van der Waals surface area contributed by atoms with Crippen LogP contribution in [0.2, 0.25) is 0 Å². The molecule has 0 aromatic carbocycles. The Balaban J connectivity index is 2.13. The van der Waals surface area contributed by atoms with Gasteiger partial charge in [0.15, 0.2) is 0 Å². The quantitative estimate of drug-likeness (QED) is 0.0875. The van der Waals surface area contributed by atoms with E-state index >= 15 is 0 Å². The first-order chi connectivity index (χ1) is 27.2. The first kappa shape index (κ1) is 51.2. The third-order valence-corrected chi connectivity index (χ3v) is 11.4. The van der Waals surface area contributed by atoms with E-state index in [9.17, 15) is 33.6 Å². The van der Waals surface area contributed by atoms with Crippen LogP contribution in [0, 0.1) is 22.7 Å². The number of rotatable bonds is 20. The Bertz CT molecular complexity index is 1460. The van der Waals surface area contributed by atoms with Gasteiger partial charge < -0.3 is 41.4 Å². The minimum absolute atomic E-state index is 0.0552. The van der Waals surface area contributed by atoms with Crippen molar-refractivity contribution in [2.75, 3.05) is 20.2 Å².